The Morgan fingerprint density at radius 1 is 1.24 bits per heavy atom. The molecule has 0 saturated heterocycles. The van der Waals surface area contributed by atoms with Crippen LogP contribution < -0.4 is 10.6 Å². The first-order chi connectivity index (χ1) is 10.2. The third-order valence-electron chi connectivity index (χ3n) is 4.80. The monoisotopic (exact) mass is 288 g/mol. The molecule has 1 fully saturated rings. The lowest BCUT2D eigenvalue weighted by Gasteiger charge is -2.32. The molecule has 4 heteroatoms. The highest BCUT2D eigenvalue weighted by Crippen LogP contribution is 2.30. The van der Waals surface area contributed by atoms with Gasteiger partial charge in [-0.3, -0.25) is 0 Å². The van der Waals surface area contributed by atoms with Gasteiger partial charge in [-0.1, -0.05) is 43.5 Å². The normalized spacial score (nSPS) is 23.4. The van der Waals surface area contributed by atoms with Gasteiger partial charge in [-0.05, 0) is 36.8 Å². The van der Waals surface area contributed by atoms with E-state index in [2.05, 4.69) is 22.8 Å². The second-order valence-corrected chi connectivity index (χ2v) is 6.40. The molecule has 0 spiro atoms. The fourth-order valence-electron chi connectivity index (χ4n) is 3.55. The molecule has 4 nitrogen and oxygen atoms in total. The van der Waals surface area contributed by atoms with Gasteiger partial charge in [0.2, 0.25) is 0 Å². The zero-order valence-corrected chi connectivity index (χ0v) is 12.4. The summed E-state index contributed by atoms with van der Waals surface area (Å²) in [5, 5.41) is 16.3. The summed E-state index contributed by atoms with van der Waals surface area (Å²) in [5.74, 6) is 0. The molecule has 0 radical (unpaired) electrons. The van der Waals surface area contributed by atoms with E-state index in [1.165, 1.54) is 17.5 Å². The van der Waals surface area contributed by atoms with Crippen molar-refractivity contribution in [1.82, 2.24) is 10.6 Å². The number of amides is 2. The number of aliphatic hydroxyl groups is 1. The second kappa shape index (κ2) is 6.06. The van der Waals surface area contributed by atoms with Crippen molar-refractivity contribution < 1.29 is 9.90 Å². The summed E-state index contributed by atoms with van der Waals surface area (Å²) in [6.45, 7) is 0.354. The number of fused-ring (bicyclic) bond motifs is 1. The van der Waals surface area contributed by atoms with Crippen LogP contribution >= 0.6 is 0 Å². The summed E-state index contributed by atoms with van der Waals surface area (Å²) >= 11 is 0. The number of carbonyl (C=O) groups is 1. The first-order valence-electron chi connectivity index (χ1n) is 8.01. The third kappa shape index (κ3) is 3.38. The Balaban J connectivity index is 1.51. The molecule has 1 aromatic carbocycles. The van der Waals surface area contributed by atoms with Gasteiger partial charge in [0.05, 0.1) is 11.6 Å². The molecule has 2 amide bonds. The smallest absolute Gasteiger partial charge is 0.315 e. The first kappa shape index (κ1) is 14.4. The summed E-state index contributed by atoms with van der Waals surface area (Å²) in [6.07, 6.45) is 6.85. The van der Waals surface area contributed by atoms with E-state index in [9.17, 15) is 9.90 Å². The van der Waals surface area contributed by atoms with Gasteiger partial charge in [-0.2, -0.15) is 0 Å². The van der Waals surface area contributed by atoms with E-state index in [0.717, 1.165) is 38.5 Å². The molecule has 3 N–H and O–H groups in total. The molecule has 1 aromatic rings. The lowest BCUT2D eigenvalue weighted by Crippen LogP contribution is -2.47. The summed E-state index contributed by atoms with van der Waals surface area (Å²) in [5.41, 5.74) is 1.85. The number of aryl methyl sites for hydroxylation is 1. The number of hydrogen-bond acceptors (Lipinski definition) is 2. The van der Waals surface area contributed by atoms with Crippen LogP contribution in [0.25, 0.3) is 0 Å². The fourth-order valence-corrected chi connectivity index (χ4v) is 3.55. The molecule has 0 heterocycles. The summed E-state index contributed by atoms with van der Waals surface area (Å²) < 4.78 is 0. The SMILES string of the molecule is O=C(NCC1(O)CCCCC1)NC1CCc2ccccc21. The Morgan fingerprint density at radius 3 is 2.81 bits per heavy atom. The predicted octanol–water partition coefficient (Wildman–Crippen LogP) is 2.67. The van der Waals surface area contributed by atoms with Gasteiger partial charge in [0.1, 0.15) is 0 Å². The van der Waals surface area contributed by atoms with Gasteiger partial charge >= 0.3 is 6.03 Å². The Kier molecular flexibility index (Phi) is 4.15. The van der Waals surface area contributed by atoms with Crippen molar-refractivity contribution in [2.75, 3.05) is 6.54 Å². The van der Waals surface area contributed by atoms with Gasteiger partial charge in [0.25, 0.3) is 0 Å². The number of urea groups is 1. The molecule has 1 saturated carbocycles. The van der Waals surface area contributed by atoms with Gasteiger partial charge in [-0.25, -0.2) is 4.79 Å². The highest BCUT2D eigenvalue weighted by Gasteiger charge is 2.30. The molecule has 0 bridgehead atoms. The van der Waals surface area contributed by atoms with Crippen LogP contribution in [0.4, 0.5) is 4.79 Å². The van der Waals surface area contributed by atoms with Crippen molar-refractivity contribution in [3.05, 3.63) is 35.4 Å². The van der Waals surface area contributed by atoms with E-state index in [4.69, 9.17) is 0 Å². The zero-order chi connectivity index (χ0) is 14.7. The zero-order valence-electron chi connectivity index (χ0n) is 12.4. The molecule has 21 heavy (non-hydrogen) atoms. The van der Waals surface area contributed by atoms with Crippen LogP contribution in [-0.4, -0.2) is 23.3 Å². The van der Waals surface area contributed by atoms with Crippen LogP contribution in [0, 0.1) is 0 Å². The van der Waals surface area contributed by atoms with Gasteiger partial charge in [0.15, 0.2) is 0 Å². The number of hydrogen-bond donors (Lipinski definition) is 3. The van der Waals surface area contributed by atoms with Crippen LogP contribution in [0.1, 0.15) is 55.7 Å². The standard InChI is InChI=1S/C17H24N2O2/c20-16(18-12-17(21)10-4-1-5-11-17)19-15-9-8-13-6-2-3-7-14(13)15/h2-3,6-7,15,21H,1,4-5,8-12H2,(H2,18,19,20). The van der Waals surface area contributed by atoms with Crippen molar-refractivity contribution in [2.24, 2.45) is 0 Å². The predicted molar refractivity (Wildman–Crippen MR) is 82.1 cm³/mol. The van der Waals surface area contributed by atoms with E-state index in [-0.39, 0.29) is 12.1 Å². The third-order valence-corrected chi connectivity index (χ3v) is 4.80. The molecular formula is C17H24N2O2. The van der Waals surface area contributed by atoms with Crippen LogP contribution in [0.3, 0.4) is 0 Å². The lowest BCUT2D eigenvalue weighted by molar-refractivity contribution is 0.00712. The molecule has 1 unspecified atom stereocenters. The molecule has 2 aliphatic carbocycles. The summed E-state index contributed by atoms with van der Waals surface area (Å²) in [4.78, 5) is 12.1. The first-order valence-corrected chi connectivity index (χ1v) is 8.01. The van der Waals surface area contributed by atoms with Crippen LogP contribution in [-0.2, 0) is 6.42 Å². The topological polar surface area (TPSA) is 61.4 Å². The van der Waals surface area contributed by atoms with Gasteiger partial charge < -0.3 is 15.7 Å². The van der Waals surface area contributed by atoms with Crippen LogP contribution in [0.2, 0.25) is 0 Å². The van der Waals surface area contributed by atoms with E-state index in [1.807, 2.05) is 12.1 Å². The van der Waals surface area contributed by atoms with Crippen molar-refractivity contribution in [3.63, 3.8) is 0 Å². The average Bonchev–Trinajstić information content (AvgIpc) is 2.90. The average molecular weight is 288 g/mol. The van der Waals surface area contributed by atoms with Gasteiger partial charge in [-0.15, -0.1) is 0 Å². The molecule has 0 aromatic heterocycles. The minimum Gasteiger partial charge on any atom is -0.388 e. The molecule has 2 aliphatic rings. The van der Waals surface area contributed by atoms with Crippen molar-refractivity contribution >= 4 is 6.03 Å². The van der Waals surface area contributed by atoms with Gasteiger partial charge in [0, 0.05) is 6.54 Å². The Morgan fingerprint density at radius 2 is 2.00 bits per heavy atom. The Labute approximate surface area is 125 Å². The molecule has 114 valence electrons. The fraction of sp³-hybridized carbons (Fsp3) is 0.588. The Hall–Kier alpha value is -1.55. The van der Waals surface area contributed by atoms with Crippen molar-refractivity contribution in [2.45, 2.75) is 56.6 Å². The van der Waals surface area contributed by atoms with E-state index < -0.39 is 5.60 Å². The lowest BCUT2D eigenvalue weighted by atomic mass is 9.85. The summed E-state index contributed by atoms with van der Waals surface area (Å²) in [6, 6.07) is 8.20. The van der Waals surface area contributed by atoms with E-state index in [1.54, 1.807) is 0 Å². The van der Waals surface area contributed by atoms with Crippen LogP contribution in [0.15, 0.2) is 24.3 Å². The largest absolute Gasteiger partial charge is 0.388 e. The minimum atomic E-state index is -0.705. The van der Waals surface area contributed by atoms with Crippen molar-refractivity contribution in [1.29, 1.82) is 0 Å². The maximum absolute atomic E-state index is 12.1. The van der Waals surface area contributed by atoms with E-state index in [0.29, 0.717) is 6.54 Å². The highest BCUT2D eigenvalue weighted by atomic mass is 16.3. The highest BCUT2D eigenvalue weighted by molar-refractivity contribution is 5.74. The number of carbonyl (C=O) groups excluding carboxylic acids is 1. The maximum Gasteiger partial charge on any atom is 0.315 e. The quantitative estimate of drug-likeness (QED) is 0.801. The van der Waals surface area contributed by atoms with Crippen LogP contribution in [0.5, 0.6) is 0 Å². The minimum absolute atomic E-state index is 0.0993. The molecular weight excluding hydrogens is 264 g/mol. The molecule has 3 rings (SSSR count). The second-order valence-electron chi connectivity index (χ2n) is 6.40. The number of benzene rings is 1. The summed E-state index contributed by atoms with van der Waals surface area (Å²) in [7, 11) is 0. The Bertz CT molecular complexity index is 509. The molecule has 0 aliphatic heterocycles. The van der Waals surface area contributed by atoms with E-state index >= 15 is 0 Å². The number of nitrogens with one attached hydrogen (secondary N) is 2. The number of rotatable bonds is 3. The molecule has 1 atom stereocenters. The maximum atomic E-state index is 12.1. The van der Waals surface area contributed by atoms with Crippen molar-refractivity contribution in [3.8, 4) is 0 Å².